The number of esters is 1. The zero-order valence-electron chi connectivity index (χ0n) is 23.2. The van der Waals surface area contributed by atoms with Gasteiger partial charge in [0.1, 0.15) is 18.5 Å². The highest BCUT2D eigenvalue weighted by molar-refractivity contribution is 5.88. The number of hydrogen-bond donors (Lipinski definition) is 1. The van der Waals surface area contributed by atoms with Gasteiger partial charge in [-0.15, -0.1) is 0 Å². The Balaban J connectivity index is 1.61. The quantitative estimate of drug-likeness (QED) is 0.138. The topological polar surface area (TPSA) is 47.6 Å². The highest BCUT2D eigenvalue weighted by Gasteiger charge is 2.16. The first-order chi connectivity index (χ1) is 17.6. The highest BCUT2D eigenvalue weighted by Crippen LogP contribution is 2.25. The summed E-state index contributed by atoms with van der Waals surface area (Å²) in [6.45, 7) is 7.40. The summed E-state index contributed by atoms with van der Waals surface area (Å²) in [4.78, 5) is 12.5. The molecule has 2 aromatic rings. The molecule has 0 radical (unpaired) electrons. The molecule has 0 aromatic heterocycles. The van der Waals surface area contributed by atoms with E-state index in [0.29, 0.717) is 25.6 Å². The predicted octanol–water partition coefficient (Wildman–Crippen LogP) is 8.61. The Morgan fingerprint density at radius 1 is 0.778 bits per heavy atom. The molecule has 0 aliphatic rings. The minimum atomic E-state index is -0.305. The van der Waals surface area contributed by atoms with Gasteiger partial charge in [0.2, 0.25) is 0 Å². The van der Waals surface area contributed by atoms with Crippen LogP contribution >= 0.6 is 0 Å². The number of carbonyl (C=O) groups is 1. The minimum Gasteiger partial charge on any atom is -0.489 e. The van der Waals surface area contributed by atoms with E-state index in [4.69, 9.17) is 9.47 Å². The molecule has 1 unspecified atom stereocenters. The summed E-state index contributed by atoms with van der Waals surface area (Å²) in [5.41, 5.74) is 0. The van der Waals surface area contributed by atoms with Crippen molar-refractivity contribution < 1.29 is 14.3 Å². The Morgan fingerprint density at radius 2 is 1.36 bits per heavy atom. The number of fused-ring (bicyclic) bond motifs is 1. The van der Waals surface area contributed by atoms with Crippen LogP contribution < -0.4 is 10.1 Å². The molecule has 0 saturated carbocycles. The van der Waals surface area contributed by atoms with Crippen LogP contribution in [0.25, 0.3) is 10.8 Å². The molecule has 0 spiro atoms. The van der Waals surface area contributed by atoms with Crippen molar-refractivity contribution in [3.05, 3.63) is 42.5 Å². The molecule has 2 rings (SSSR count). The number of hydrogen-bond acceptors (Lipinski definition) is 4. The second-order valence-electron chi connectivity index (χ2n) is 10.5. The van der Waals surface area contributed by atoms with Crippen molar-refractivity contribution in [1.29, 1.82) is 0 Å². The fourth-order valence-corrected chi connectivity index (χ4v) is 4.54. The lowest BCUT2D eigenvalue weighted by molar-refractivity contribution is -0.150. The monoisotopic (exact) mass is 497 g/mol. The smallest absolute Gasteiger partial charge is 0.306 e. The number of carbonyl (C=O) groups excluding carboxylic acids is 1. The third-order valence-corrected chi connectivity index (χ3v) is 6.71. The van der Waals surface area contributed by atoms with Crippen molar-refractivity contribution in [2.24, 2.45) is 0 Å². The van der Waals surface area contributed by atoms with Crippen molar-refractivity contribution >= 4 is 16.7 Å². The van der Waals surface area contributed by atoms with Crippen molar-refractivity contribution in [2.75, 3.05) is 13.2 Å². The molecule has 0 aliphatic heterocycles. The van der Waals surface area contributed by atoms with Crippen LogP contribution in [0.1, 0.15) is 111 Å². The molecule has 0 aliphatic carbocycles. The molecule has 2 aromatic carbocycles. The lowest BCUT2D eigenvalue weighted by atomic mass is 10.0. The van der Waals surface area contributed by atoms with Crippen LogP contribution in [0.15, 0.2) is 42.5 Å². The van der Waals surface area contributed by atoms with E-state index >= 15 is 0 Å². The molecule has 4 nitrogen and oxygen atoms in total. The first-order valence-corrected chi connectivity index (χ1v) is 14.6. The van der Waals surface area contributed by atoms with E-state index in [0.717, 1.165) is 29.4 Å². The van der Waals surface area contributed by atoms with E-state index in [9.17, 15) is 4.79 Å². The second-order valence-corrected chi connectivity index (χ2v) is 10.5. The Bertz CT molecular complexity index is 830. The standard InChI is InChI=1S/C32H51NO3/c1-4-5-6-7-8-9-10-11-12-13-14-15-16-24-32(34)36-29(25-33-27(2)3)26-35-31-23-19-21-28-20-17-18-22-30(28)31/h17-23,27,29,33H,4-16,24-26H2,1-3H3. The maximum Gasteiger partial charge on any atom is 0.306 e. The first kappa shape index (κ1) is 30.2. The van der Waals surface area contributed by atoms with Crippen LogP contribution in [0.4, 0.5) is 0 Å². The average molecular weight is 498 g/mol. The van der Waals surface area contributed by atoms with Crippen molar-refractivity contribution in [2.45, 2.75) is 123 Å². The molecule has 0 fully saturated rings. The maximum absolute atomic E-state index is 12.5. The van der Waals surface area contributed by atoms with Crippen LogP contribution in [-0.4, -0.2) is 31.3 Å². The summed E-state index contributed by atoms with van der Waals surface area (Å²) in [5, 5.41) is 5.61. The summed E-state index contributed by atoms with van der Waals surface area (Å²) in [6.07, 6.45) is 17.1. The Kier molecular flexibility index (Phi) is 16.0. The molecular formula is C32H51NO3. The predicted molar refractivity (Wildman–Crippen MR) is 153 cm³/mol. The molecule has 0 heterocycles. The number of benzene rings is 2. The van der Waals surface area contributed by atoms with Gasteiger partial charge in [0.15, 0.2) is 0 Å². The first-order valence-electron chi connectivity index (χ1n) is 14.6. The molecule has 1 N–H and O–H groups in total. The number of rotatable bonds is 21. The Hall–Kier alpha value is -2.07. The van der Waals surface area contributed by atoms with Crippen LogP contribution in [0.5, 0.6) is 5.75 Å². The molecule has 4 heteroatoms. The summed E-state index contributed by atoms with van der Waals surface area (Å²) in [7, 11) is 0. The van der Waals surface area contributed by atoms with Gasteiger partial charge >= 0.3 is 5.97 Å². The minimum absolute atomic E-state index is 0.116. The maximum atomic E-state index is 12.5. The van der Waals surface area contributed by atoms with Crippen molar-refractivity contribution in [3.63, 3.8) is 0 Å². The average Bonchev–Trinajstić information content (AvgIpc) is 2.88. The van der Waals surface area contributed by atoms with Gasteiger partial charge in [0.05, 0.1) is 0 Å². The van der Waals surface area contributed by atoms with E-state index < -0.39 is 0 Å². The molecular weight excluding hydrogens is 446 g/mol. The zero-order chi connectivity index (χ0) is 25.8. The van der Waals surface area contributed by atoms with Crippen LogP contribution in [0.2, 0.25) is 0 Å². The summed E-state index contributed by atoms with van der Waals surface area (Å²) >= 11 is 0. The molecule has 0 amide bonds. The molecule has 36 heavy (non-hydrogen) atoms. The van der Waals surface area contributed by atoms with Gasteiger partial charge < -0.3 is 14.8 Å². The van der Waals surface area contributed by atoms with Crippen molar-refractivity contribution in [1.82, 2.24) is 5.32 Å². The van der Waals surface area contributed by atoms with Gasteiger partial charge in [0.25, 0.3) is 0 Å². The SMILES string of the molecule is CCCCCCCCCCCCCCCC(=O)OC(CNC(C)C)COc1cccc2ccccc12. The summed E-state index contributed by atoms with van der Waals surface area (Å²) in [5.74, 6) is 0.713. The van der Waals surface area contributed by atoms with E-state index in [1.54, 1.807) is 0 Å². The fraction of sp³-hybridized carbons (Fsp3) is 0.656. The number of nitrogens with one attached hydrogen (secondary N) is 1. The van der Waals surface area contributed by atoms with Crippen molar-refractivity contribution in [3.8, 4) is 5.75 Å². The Labute approximate surface area is 220 Å². The fourth-order valence-electron chi connectivity index (χ4n) is 4.54. The normalized spacial score (nSPS) is 12.2. The van der Waals surface area contributed by atoms with Crippen LogP contribution in [0.3, 0.4) is 0 Å². The molecule has 1 atom stereocenters. The molecule has 0 saturated heterocycles. The van der Waals surface area contributed by atoms with E-state index in [1.165, 1.54) is 70.6 Å². The summed E-state index contributed by atoms with van der Waals surface area (Å²) < 4.78 is 11.9. The van der Waals surface area contributed by atoms with E-state index in [-0.39, 0.29) is 12.1 Å². The molecule has 0 bridgehead atoms. The number of unbranched alkanes of at least 4 members (excludes halogenated alkanes) is 12. The zero-order valence-corrected chi connectivity index (χ0v) is 23.2. The highest BCUT2D eigenvalue weighted by atomic mass is 16.6. The number of ether oxygens (including phenoxy) is 2. The molecule has 202 valence electrons. The van der Waals surface area contributed by atoms with Gasteiger partial charge in [-0.2, -0.15) is 0 Å². The van der Waals surface area contributed by atoms with Gasteiger partial charge in [-0.25, -0.2) is 0 Å². The lowest BCUT2D eigenvalue weighted by Crippen LogP contribution is -2.38. The van der Waals surface area contributed by atoms with Gasteiger partial charge in [0, 0.05) is 24.4 Å². The van der Waals surface area contributed by atoms with Crippen LogP contribution in [-0.2, 0) is 9.53 Å². The van der Waals surface area contributed by atoms with Gasteiger partial charge in [-0.1, -0.05) is 134 Å². The third-order valence-electron chi connectivity index (χ3n) is 6.71. The van der Waals surface area contributed by atoms with E-state index in [1.807, 2.05) is 24.3 Å². The van der Waals surface area contributed by atoms with Crippen LogP contribution in [0, 0.1) is 0 Å². The van der Waals surface area contributed by atoms with Gasteiger partial charge in [-0.3, -0.25) is 4.79 Å². The second kappa shape index (κ2) is 19.1. The summed E-state index contributed by atoms with van der Waals surface area (Å²) in [6, 6.07) is 14.6. The Morgan fingerprint density at radius 3 is 2.00 bits per heavy atom. The van der Waals surface area contributed by atoms with E-state index in [2.05, 4.69) is 44.3 Å². The lowest BCUT2D eigenvalue weighted by Gasteiger charge is -2.21. The largest absolute Gasteiger partial charge is 0.489 e. The third kappa shape index (κ3) is 13.3. The van der Waals surface area contributed by atoms with Gasteiger partial charge in [-0.05, 0) is 17.9 Å².